The van der Waals surface area contributed by atoms with Gasteiger partial charge in [0.05, 0.1) is 5.56 Å². The summed E-state index contributed by atoms with van der Waals surface area (Å²) in [7, 11) is 0. The van der Waals surface area contributed by atoms with E-state index in [0.29, 0.717) is 24.4 Å². The van der Waals surface area contributed by atoms with Crippen LogP contribution in [0.2, 0.25) is 0 Å². The van der Waals surface area contributed by atoms with Crippen molar-refractivity contribution in [1.29, 1.82) is 0 Å². The largest absolute Gasteiger partial charge is 0.403 e. The van der Waals surface area contributed by atoms with Crippen molar-refractivity contribution in [3.8, 4) is 23.8 Å². The lowest BCUT2D eigenvalue weighted by atomic mass is 10.1. The third-order valence-corrected chi connectivity index (χ3v) is 2.91. The number of pyridine rings is 1. The van der Waals surface area contributed by atoms with Crippen molar-refractivity contribution in [2.75, 3.05) is 11.4 Å². The van der Waals surface area contributed by atoms with Gasteiger partial charge in [-0.1, -0.05) is 5.10 Å². The van der Waals surface area contributed by atoms with Crippen molar-refractivity contribution in [2.45, 2.75) is 6.42 Å². The summed E-state index contributed by atoms with van der Waals surface area (Å²) in [6, 6.07) is 3.76. The summed E-state index contributed by atoms with van der Waals surface area (Å²) in [6.07, 6.45) is 8.92. The Labute approximate surface area is 109 Å². The lowest BCUT2D eigenvalue weighted by Gasteiger charge is -2.08. The Morgan fingerprint density at radius 3 is 3.05 bits per heavy atom. The Kier molecular flexibility index (Phi) is 2.72. The summed E-state index contributed by atoms with van der Waals surface area (Å²) in [5.74, 6) is 2.71. The van der Waals surface area contributed by atoms with Gasteiger partial charge in [-0.2, -0.15) is 0 Å². The smallest absolute Gasteiger partial charge is 0.325 e. The standard InChI is InChI=1S/C13H10N4O2/c1-2-9-6-11(18)17(8-9)13-16-15-12(19-13)10-4-3-5-14-7-10/h1,3-5,7,9H,6,8H2. The van der Waals surface area contributed by atoms with Gasteiger partial charge in [-0.3, -0.25) is 14.7 Å². The number of rotatable bonds is 2. The van der Waals surface area contributed by atoms with E-state index < -0.39 is 0 Å². The molecule has 0 aliphatic carbocycles. The topological polar surface area (TPSA) is 72.1 Å². The first-order chi connectivity index (χ1) is 9.28. The van der Waals surface area contributed by atoms with E-state index in [-0.39, 0.29) is 17.8 Å². The molecule has 1 amide bonds. The van der Waals surface area contributed by atoms with Gasteiger partial charge in [-0.25, -0.2) is 0 Å². The molecule has 19 heavy (non-hydrogen) atoms. The highest BCUT2D eigenvalue weighted by molar-refractivity contribution is 5.94. The van der Waals surface area contributed by atoms with E-state index in [9.17, 15) is 4.79 Å². The third kappa shape index (κ3) is 2.06. The molecule has 2 aromatic heterocycles. The number of anilines is 1. The molecule has 0 N–H and O–H groups in total. The van der Waals surface area contributed by atoms with Crippen molar-refractivity contribution in [1.82, 2.24) is 15.2 Å². The molecule has 1 atom stereocenters. The number of carbonyl (C=O) groups is 1. The minimum atomic E-state index is -0.0961. The average molecular weight is 254 g/mol. The first-order valence-corrected chi connectivity index (χ1v) is 5.78. The summed E-state index contributed by atoms with van der Waals surface area (Å²) in [6.45, 7) is 0.421. The van der Waals surface area contributed by atoms with Crippen LogP contribution in [0.25, 0.3) is 11.5 Å². The van der Waals surface area contributed by atoms with E-state index in [2.05, 4.69) is 21.1 Å². The number of aromatic nitrogens is 3. The van der Waals surface area contributed by atoms with Gasteiger partial charge in [0.1, 0.15) is 0 Å². The van der Waals surface area contributed by atoms with Crippen LogP contribution in [0.15, 0.2) is 28.9 Å². The predicted molar refractivity (Wildman–Crippen MR) is 66.8 cm³/mol. The number of amides is 1. The summed E-state index contributed by atoms with van der Waals surface area (Å²) >= 11 is 0. The maximum Gasteiger partial charge on any atom is 0.325 e. The molecule has 6 heteroatoms. The van der Waals surface area contributed by atoms with E-state index in [1.165, 1.54) is 4.90 Å². The first-order valence-electron chi connectivity index (χ1n) is 5.78. The van der Waals surface area contributed by atoms with E-state index in [1.807, 2.05) is 0 Å². The fraction of sp³-hybridized carbons (Fsp3) is 0.231. The molecule has 0 radical (unpaired) electrons. The van der Waals surface area contributed by atoms with Gasteiger partial charge in [-0.15, -0.1) is 17.4 Å². The zero-order chi connectivity index (χ0) is 13.2. The van der Waals surface area contributed by atoms with E-state index in [1.54, 1.807) is 24.5 Å². The fourth-order valence-electron chi connectivity index (χ4n) is 1.93. The SMILES string of the molecule is C#CC1CC(=O)N(c2nnc(-c3cccnc3)o2)C1. The Bertz CT molecular complexity index is 644. The lowest BCUT2D eigenvalue weighted by molar-refractivity contribution is -0.117. The number of hydrogen-bond donors (Lipinski definition) is 0. The molecule has 1 aliphatic heterocycles. The second-order valence-corrected chi connectivity index (χ2v) is 4.20. The molecule has 3 heterocycles. The molecule has 0 saturated carbocycles. The van der Waals surface area contributed by atoms with Gasteiger partial charge in [0, 0.05) is 31.3 Å². The van der Waals surface area contributed by atoms with Crippen LogP contribution < -0.4 is 4.90 Å². The molecule has 1 unspecified atom stereocenters. The molecule has 1 fully saturated rings. The van der Waals surface area contributed by atoms with Crippen molar-refractivity contribution >= 4 is 11.9 Å². The van der Waals surface area contributed by atoms with E-state index >= 15 is 0 Å². The molecule has 1 aliphatic rings. The summed E-state index contributed by atoms with van der Waals surface area (Å²) in [4.78, 5) is 17.2. The number of nitrogens with zero attached hydrogens (tertiary/aromatic N) is 4. The van der Waals surface area contributed by atoms with Gasteiger partial charge >= 0.3 is 6.01 Å². The zero-order valence-corrected chi connectivity index (χ0v) is 9.98. The van der Waals surface area contributed by atoms with Crippen LogP contribution in [-0.4, -0.2) is 27.6 Å². The van der Waals surface area contributed by atoms with Gasteiger partial charge in [-0.05, 0) is 12.1 Å². The maximum absolute atomic E-state index is 11.8. The first kappa shape index (κ1) is 11.4. The predicted octanol–water partition coefficient (Wildman–Crippen LogP) is 1.12. The van der Waals surface area contributed by atoms with Crippen LogP contribution in [0.3, 0.4) is 0 Å². The quantitative estimate of drug-likeness (QED) is 0.751. The molecule has 3 rings (SSSR count). The Hall–Kier alpha value is -2.68. The minimum absolute atomic E-state index is 0.0932. The Balaban J connectivity index is 1.87. The number of hydrogen-bond acceptors (Lipinski definition) is 5. The van der Waals surface area contributed by atoms with Crippen LogP contribution in [0, 0.1) is 18.3 Å². The second kappa shape index (κ2) is 4.53. The zero-order valence-electron chi connectivity index (χ0n) is 9.98. The molecule has 0 aromatic carbocycles. The molecule has 0 spiro atoms. The van der Waals surface area contributed by atoms with E-state index in [0.717, 1.165) is 0 Å². The molecular weight excluding hydrogens is 244 g/mol. The van der Waals surface area contributed by atoms with Crippen LogP contribution in [-0.2, 0) is 4.79 Å². The normalized spacial score (nSPS) is 18.6. The van der Waals surface area contributed by atoms with Crippen molar-refractivity contribution < 1.29 is 9.21 Å². The Morgan fingerprint density at radius 1 is 1.47 bits per heavy atom. The van der Waals surface area contributed by atoms with Crippen molar-refractivity contribution in [3.05, 3.63) is 24.5 Å². The van der Waals surface area contributed by atoms with Crippen molar-refractivity contribution in [2.24, 2.45) is 5.92 Å². The molecule has 1 saturated heterocycles. The molecule has 0 bridgehead atoms. The number of terminal acetylenes is 1. The lowest BCUT2D eigenvalue weighted by Crippen LogP contribution is -2.24. The third-order valence-electron chi connectivity index (χ3n) is 2.91. The Morgan fingerprint density at radius 2 is 2.37 bits per heavy atom. The monoisotopic (exact) mass is 254 g/mol. The molecule has 94 valence electrons. The van der Waals surface area contributed by atoms with Gasteiger partial charge < -0.3 is 4.42 Å². The fourth-order valence-corrected chi connectivity index (χ4v) is 1.93. The highest BCUT2D eigenvalue weighted by Gasteiger charge is 2.32. The molecule has 2 aromatic rings. The highest BCUT2D eigenvalue weighted by atomic mass is 16.4. The summed E-state index contributed by atoms with van der Waals surface area (Å²) in [5.41, 5.74) is 0.710. The average Bonchev–Trinajstić information content (AvgIpc) is 3.06. The van der Waals surface area contributed by atoms with E-state index in [4.69, 9.17) is 10.8 Å². The van der Waals surface area contributed by atoms with Crippen LogP contribution in [0.5, 0.6) is 0 Å². The summed E-state index contributed by atoms with van der Waals surface area (Å²) < 4.78 is 5.49. The maximum atomic E-state index is 11.8. The van der Waals surface area contributed by atoms with Gasteiger partial charge in [0.15, 0.2) is 0 Å². The molecule has 6 nitrogen and oxygen atoms in total. The number of carbonyl (C=O) groups excluding carboxylic acids is 1. The summed E-state index contributed by atoms with van der Waals surface area (Å²) in [5, 5.41) is 7.80. The minimum Gasteiger partial charge on any atom is -0.403 e. The van der Waals surface area contributed by atoms with Gasteiger partial charge in [0.2, 0.25) is 5.91 Å². The second-order valence-electron chi connectivity index (χ2n) is 4.20. The van der Waals surface area contributed by atoms with Crippen LogP contribution in [0.1, 0.15) is 6.42 Å². The molecular formula is C13H10N4O2. The van der Waals surface area contributed by atoms with Crippen molar-refractivity contribution in [3.63, 3.8) is 0 Å². The van der Waals surface area contributed by atoms with Gasteiger partial charge in [0.25, 0.3) is 5.89 Å². The van der Waals surface area contributed by atoms with Crippen LogP contribution >= 0.6 is 0 Å². The van der Waals surface area contributed by atoms with Crippen LogP contribution in [0.4, 0.5) is 6.01 Å². The highest BCUT2D eigenvalue weighted by Crippen LogP contribution is 2.26.